The second kappa shape index (κ2) is 10.6. The van der Waals surface area contributed by atoms with Crippen LogP contribution in [0.1, 0.15) is 54.0 Å². The van der Waals surface area contributed by atoms with Crippen molar-refractivity contribution < 1.29 is 23.7 Å². The van der Waals surface area contributed by atoms with Crippen LogP contribution in [0.3, 0.4) is 0 Å². The number of hydrogen-bond donors (Lipinski definition) is 3. The summed E-state index contributed by atoms with van der Waals surface area (Å²) in [5, 5.41) is 18.4. The minimum absolute atomic E-state index is 0.0894. The van der Waals surface area contributed by atoms with E-state index in [0.717, 1.165) is 38.9 Å². The molecule has 0 saturated carbocycles. The monoisotopic (exact) mass is 550 g/mol. The lowest BCUT2D eigenvalue weighted by atomic mass is 9.84. The van der Waals surface area contributed by atoms with Crippen molar-refractivity contribution in [2.45, 2.75) is 64.1 Å². The predicted octanol–water partition coefficient (Wildman–Crippen LogP) is 5.98. The number of aryl methyl sites for hydroxylation is 3. The van der Waals surface area contributed by atoms with Crippen LogP contribution in [0, 0.1) is 13.8 Å². The topological polar surface area (TPSA) is 121 Å². The summed E-state index contributed by atoms with van der Waals surface area (Å²) in [5.74, 6) is -0.834. The first-order valence-electron chi connectivity index (χ1n) is 13.0. The molecule has 2 atom stereocenters. The molecule has 0 radical (unpaired) electrons. The average Bonchev–Trinajstić information content (AvgIpc) is 3.29. The Balaban J connectivity index is 1.54. The molecule has 4 aromatic rings. The summed E-state index contributed by atoms with van der Waals surface area (Å²) >= 11 is 0. The molecule has 1 aliphatic heterocycles. The third kappa shape index (κ3) is 5.12. The molecule has 0 aliphatic carbocycles. The summed E-state index contributed by atoms with van der Waals surface area (Å²) in [6.45, 7) is 9.13. The molecule has 0 fully saturated rings. The molecule has 2 unspecified atom stereocenters. The van der Waals surface area contributed by atoms with Crippen molar-refractivity contribution in [3.63, 3.8) is 0 Å². The van der Waals surface area contributed by atoms with E-state index in [1.165, 1.54) is 0 Å². The second-order valence-corrected chi connectivity index (χ2v) is 12.1. The number of aliphatic carboxylic acids is 1. The summed E-state index contributed by atoms with van der Waals surface area (Å²) in [6.07, 6.45) is -0.345. The number of carboxylic acids is 1. The van der Waals surface area contributed by atoms with Crippen molar-refractivity contribution >= 4 is 27.8 Å². The lowest BCUT2D eigenvalue weighted by Crippen LogP contribution is -2.33. The van der Waals surface area contributed by atoms with Crippen molar-refractivity contribution in [3.8, 4) is 5.75 Å². The highest BCUT2D eigenvalue weighted by Gasteiger charge is 2.34. The van der Waals surface area contributed by atoms with Crippen LogP contribution in [-0.2, 0) is 17.9 Å². The number of fused-ring (bicyclic) bond motifs is 2. The Morgan fingerprint density at radius 2 is 1.92 bits per heavy atom. The number of nitrogens with zero attached hydrogens (tertiary/aromatic N) is 4. The van der Waals surface area contributed by atoms with Crippen LogP contribution < -0.4 is 4.74 Å². The molecule has 0 spiro atoms. The molecule has 1 aromatic heterocycles. The third-order valence-electron chi connectivity index (χ3n) is 7.45. The van der Waals surface area contributed by atoms with Crippen LogP contribution in [0.15, 0.2) is 59.5 Å². The highest BCUT2D eigenvalue weighted by molar-refractivity contribution is 8.22. The van der Waals surface area contributed by atoms with E-state index in [1.807, 2.05) is 68.8 Å². The van der Waals surface area contributed by atoms with E-state index < -0.39 is 22.7 Å². The van der Waals surface area contributed by atoms with Crippen molar-refractivity contribution in [2.75, 3.05) is 6.54 Å². The zero-order valence-corrected chi connectivity index (χ0v) is 23.4. The molecular formula is C29H34N4O5S. The number of carboxylic acid groups (broad SMARTS) is 1. The molecule has 0 saturated heterocycles. The summed E-state index contributed by atoms with van der Waals surface area (Å²) in [4.78, 5) is 12.4. The van der Waals surface area contributed by atoms with Gasteiger partial charge >= 0.3 is 5.97 Å². The van der Waals surface area contributed by atoms with E-state index in [1.54, 1.807) is 22.5 Å². The van der Waals surface area contributed by atoms with Crippen LogP contribution >= 0.6 is 10.8 Å². The molecule has 10 heteroatoms. The van der Waals surface area contributed by atoms with Gasteiger partial charge in [0.05, 0.1) is 18.5 Å². The van der Waals surface area contributed by atoms with Gasteiger partial charge in [0.2, 0.25) is 0 Å². The highest BCUT2D eigenvalue weighted by Crippen LogP contribution is 2.57. The van der Waals surface area contributed by atoms with Gasteiger partial charge in [-0.05, 0) is 73.7 Å². The Labute approximate surface area is 229 Å². The number of benzene rings is 3. The van der Waals surface area contributed by atoms with Gasteiger partial charge in [-0.2, -0.15) is 4.31 Å². The van der Waals surface area contributed by atoms with Crippen LogP contribution in [0.25, 0.3) is 11.0 Å². The summed E-state index contributed by atoms with van der Waals surface area (Å²) < 4.78 is 32.2. The number of para-hydroxylation sites is 1. The fourth-order valence-corrected chi connectivity index (χ4v) is 7.02. The molecular weight excluding hydrogens is 516 g/mol. The Morgan fingerprint density at radius 1 is 1.15 bits per heavy atom. The van der Waals surface area contributed by atoms with E-state index in [-0.39, 0.29) is 19.1 Å². The third-order valence-corrected chi connectivity index (χ3v) is 9.38. The Bertz CT molecular complexity index is 1540. The van der Waals surface area contributed by atoms with E-state index in [9.17, 15) is 19.0 Å². The molecule has 206 valence electrons. The van der Waals surface area contributed by atoms with Crippen molar-refractivity contribution in [3.05, 3.63) is 82.4 Å². The standard InChI is InChI=1S/C29H34N4O5S/c1-5-33-25-13-12-23(20(4)29(25)30-31-33)24(15-28(34)35)21-11-10-18(2)22(14-21)17-32-16-19(3)38-26-8-6-7-9-27(26)39(32,36)37/h6-14,19,24,36-37H,5,15-17H2,1-4H3,(H,34,35). The van der Waals surface area contributed by atoms with Gasteiger partial charge in [-0.15, -0.1) is 15.9 Å². The van der Waals surface area contributed by atoms with E-state index in [0.29, 0.717) is 23.7 Å². The number of aromatic nitrogens is 3. The largest absolute Gasteiger partial charge is 0.487 e. The highest BCUT2D eigenvalue weighted by atomic mass is 32.3. The Kier molecular flexibility index (Phi) is 7.39. The van der Waals surface area contributed by atoms with Gasteiger partial charge in [0.25, 0.3) is 0 Å². The van der Waals surface area contributed by atoms with E-state index >= 15 is 0 Å². The number of rotatable bonds is 7. The quantitative estimate of drug-likeness (QED) is 0.257. The van der Waals surface area contributed by atoms with Gasteiger partial charge in [-0.25, -0.2) is 4.68 Å². The average molecular weight is 551 g/mol. The van der Waals surface area contributed by atoms with Gasteiger partial charge in [-0.1, -0.05) is 41.6 Å². The molecule has 0 amide bonds. The van der Waals surface area contributed by atoms with Crippen LogP contribution in [0.4, 0.5) is 0 Å². The Morgan fingerprint density at radius 3 is 2.67 bits per heavy atom. The minimum Gasteiger partial charge on any atom is -0.487 e. The second-order valence-electron chi connectivity index (χ2n) is 10.1. The van der Waals surface area contributed by atoms with Crippen molar-refractivity contribution in [1.82, 2.24) is 19.3 Å². The SMILES string of the molecule is CCn1nnc2c(C)c(C(CC(=O)O)c3ccc(C)c(CN4CC(C)Oc5ccccc5S4(O)O)c3)ccc21. The summed E-state index contributed by atoms with van der Waals surface area (Å²) in [6, 6.07) is 16.9. The zero-order valence-electron chi connectivity index (χ0n) is 22.5. The summed E-state index contributed by atoms with van der Waals surface area (Å²) in [7, 11) is -3.31. The van der Waals surface area contributed by atoms with Gasteiger partial charge in [0, 0.05) is 19.0 Å². The zero-order chi connectivity index (χ0) is 27.9. The first kappa shape index (κ1) is 27.1. The molecule has 1 aliphatic rings. The molecule has 3 aromatic carbocycles. The fraction of sp³-hybridized carbons (Fsp3) is 0.345. The van der Waals surface area contributed by atoms with E-state index in [2.05, 4.69) is 10.3 Å². The van der Waals surface area contributed by atoms with Crippen LogP contribution in [-0.4, -0.2) is 52.1 Å². The fourth-order valence-electron chi connectivity index (χ4n) is 5.36. The maximum atomic E-state index is 12.0. The molecule has 5 rings (SSSR count). The van der Waals surface area contributed by atoms with Crippen LogP contribution in [0.5, 0.6) is 5.75 Å². The minimum atomic E-state index is -3.31. The molecule has 3 N–H and O–H groups in total. The van der Waals surface area contributed by atoms with Crippen LogP contribution in [0.2, 0.25) is 0 Å². The molecule has 39 heavy (non-hydrogen) atoms. The van der Waals surface area contributed by atoms with Gasteiger partial charge in [-0.3, -0.25) is 13.9 Å². The van der Waals surface area contributed by atoms with Gasteiger partial charge < -0.3 is 9.84 Å². The molecule has 9 nitrogen and oxygen atoms in total. The van der Waals surface area contributed by atoms with Crippen molar-refractivity contribution in [2.24, 2.45) is 0 Å². The van der Waals surface area contributed by atoms with Gasteiger partial charge in [0.15, 0.2) is 0 Å². The molecule has 0 bridgehead atoms. The number of carbonyl (C=O) groups is 1. The molecule has 2 heterocycles. The smallest absolute Gasteiger partial charge is 0.304 e. The first-order chi connectivity index (χ1) is 18.6. The lowest BCUT2D eigenvalue weighted by Gasteiger charge is -2.42. The number of hydrogen-bond acceptors (Lipinski definition) is 7. The first-order valence-corrected chi connectivity index (χ1v) is 14.5. The summed E-state index contributed by atoms with van der Waals surface area (Å²) in [5.41, 5.74) is 6.20. The lowest BCUT2D eigenvalue weighted by molar-refractivity contribution is -0.137. The normalized spacial score (nSPS) is 18.7. The maximum absolute atomic E-state index is 12.0. The van der Waals surface area contributed by atoms with Crippen molar-refractivity contribution in [1.29, 1.82) is 0 Å². The van der Waals surface area contributed by atoms with E-state index in [4.69, 9.17) is 4.74 Å². The van der Waals surface area contributed by atoms with Gasteiger partial charge in [0.1, 0.15) is 22.3 Å². The number of ether oxygens (including phenoxy) is 1. The predicted molar refractivity (Wildman–Crippen MR) is 151 cm³/mol. The maximum Gasteiger partial charge on any atom is 0.304 e. The Hall–Kier alpha value is -3.44.